The number of rotatable bonds is 3. The molecule has 0 aromatic carbocycles. The number of ether oxygens (including phenoxy) is 1. The molecule has 0 aromatic heterocycles. The summed E-state index contributed by atoms with van der Waals surface area (Å²) in [5.74, 6) is -0.213. The van der Waals surface area contributed by atoms with E-state index in [1.54, 1.807) is 0 Å². The fraction of sp³-hybridized carbons (Fsp3) is 0.500. The molecule has 0 saturated heterocycles. The number of esters is 1. The third-order valence-corrected chi connectivity index (χ3v) is 0.644. The molecule has 46 valence electrons. The largest absolute Gasteiger partial charge is 0.423 e. The molecule has 0 aliphatic rings. The molecule has 0 aliphatic heterocycles. The third kappa shape index (κ3) is 3.53. The molecule has 0 N–H and O–H groups in total. The molecule has 0 radical (unpaired) electrons. The maximum atomic E-state index is 10.3. The Morgan fingerprint density at radius 3 is 2.75 bits per heavy atom. The predicted octanol–water partition coefficient (Wildman–Crippen LogP) is 0.978. The Morgan fingerprint density at radius 1 is 1.75 bits per heavy atom. The highest BCUT2D eigenvalue weighted by Crippen LogP contribution is 1.88. The quantitative estimate of drug-likeness (QED) is 0.404. The van der Waals surface area contributed by atoms with Crippen LogP contribution in [0.5, 0.6) is 0 Å². The summed E-state index contributed by atoms with van der Waals surface area (Å²) in [4.78, 5) is 10.3. The smallest absolute Gasteiger partial charge is 0.306 e. The van der Waals surface area contributed by atoms with E-state index in [2.05, 4.69) is 18.6 Å². The molecule has 2 nitrogen and oxygen atoms in total. The Kier molecular flexibility index (Phi) is 4.13. The van der Waals surface area contributed by atoms with E-state index >= 15 is 0 Å². The minimum Gasteiger partial charge on any atom is -0.423 e. The van der Waals surface area contributed by atoms with Gasteiger partial charge in [-0.3, -0.25) is 4.79 Å². The lowest BCUT2D eigenvalue weighted by molar-refractivity contribution is -0.142. The highest BCUT2D eigenvalue weighted by molar-refractivity contribution is 5.69. The fourth-order valence-corrected chi connectivity index (χ4v) is 0.330. The molecule has 0 aromatic rings. The van der Waals surface area contributed by atoms with Crippen LogP contribution in [0.2, 0.25) is 0 Å². The van der Waals surface area contributed by atoms with Crippen LogP contribution in [0.4, 0.5) is 0 Å². The van der Waals surface area contributed by atoms with Crippen molar-refractivity contribution in [3.63, 3.8) is 0 Å². The average Bonchev–Trinajstić information content (AvgIpc) is 1.68. The molecule has 2 heteroatoms. The zero-order chi connectivity index (χ0) is 6.41. The maximum absolute atomic E-state index is 10.3. The minimum absolute atomic E-state index is 0.213. The van der Waals surface area contributed by atoms with Crippen LogP contribution >= 0.6 is 0 Å². The van der Waals surface area contributed by atoms with Crippen molar-refractivity contribution in [3.8, 4) is 0 Å². The van der Waals surface area contributed by atoms with Gasteiger partial charge in [0, 0.05) is 6.42 Å². The zero-order valence-electron chi connectivity index (χ0n) is 4.85. The third-order valence-electron chi connectivity index (χ3n) is 0.644. The van der Waals surface area contributed by atoms with E-state index in [0.29, 0.717) is 12.8 Å². The summed E-state index contributed by atoms with van der Waals surface area (Å²) in [5, 5.41) is 0. The molecular weight excluding hydrogens is 104 g/mol. The van der Waals surface area contributed by atoms with E-state index in [1.807, 2.05) is 0 Å². The normalized spacial score (nSPS) is 8.62. The van der Waals surface area contributed by atoms with Crippen LogP contribution in [0, 0.1) is 13.8 Å². The average molecular weight is 114 g/mol. The Morgan fingerprint density at radius 2 is 2.38 bits per heavy atom. The van der Waals surface area contributed by atoms with Gasteiger partial charge in [-0.05, 0) is 0 Å². The van der Waals surface area contributed by atoms with Crippen LogP contribution in [-0.4, -0.2) is 12.6 Å². The lowest BCUT2D eigenvalue weighted by atomic mass is 10.3. The SMILES string of the molecule is [CH2+]COC(=O)CC[CH2-]. The molecule has 0 rings (SSSR count). The van der Waals surface area contributed by atoms with Gasteiger partial charge in [0.2, 0.25) is 6.61 Å². The molecular formula is C6H10O2. The van der Waals surface area contributed by atoms with Gasteiger partial charge in [-0.2, -0.15) is 6.42 Å². The molecule has 0 aliphatic carbocycles. The van der Waals surface area contributed by atoms with Gasteiger partial charge in [0.25, 0.3) is 0 Å². The van der Waals surface area contributed by atoms with E-state index in [1.165, 1.54) is 0 Å². The summed E-state index contributed by atoms with van der Waals surface area (Å²) in [7, 11) is 0. The molecule has 0 spiro atoms. The first-order chi connectivity index (χ1) is 3.81. The van der Waals surface area contributed by atoms with Crippen molar-refractivity contribution in [3.05, 3.63) is 13.8 Å². The number of hydrogen-bond donors (Lipinski definition) is 0. The first kappa shape index (κ1) is 7.34. The molecule has 0 fully saturated rings. The van der Waals surface area contributed by atoms with Crippen molar-refractivity contribution in [2.75, 3.05) is 6.61 Å². The number of carbonyl (C=O) groups is 1. The summed E-state index contributed by atoms with van der Waals surface area (Å²) in [6, 6.07) is 0. The lowest BCUT2D eigenvalue weighted by Crippen LogP contribution is -2.02. The summed E-state index contributed by atoms with van der Waals surface area (Å²) in [5.41, 5.74) is 0. The van der Waals surface area contributed by atoms with E-state index in [0.717, 1.165) is 0 Å². The summed E-state index contributed by atoms with van der Waals surface area (Å²) < 4.78 is 4.49. The van der Waals surface area contributed by atoms with Gasteiger partial charge in [0.15, 0.2) is 0 Å². The van der Waals surface area contributed by atoms with Gasteiger partial charge >= 0.3 is 5.97 Å². The topological polar surface area (TPSA) is 26.3 Å². The monoisotopic (exact) mass is 114 g/mol. The van der Waals surface area contributed by atoms with E-state index in [9.17, 15) is 4.79 Å². The Labute approximate surface area is 49.8 Å². The van der Waals surface area contributed by atoms with Crippen molar-refractivity contribution in [2.45, 2.75) is 12.8 Å². The van der Waals surface area contributed by atoms with Crippen molar-refractivity contribution in [1.29, 1.82) is 0 Å². The van der Waals surface area contributed by atoms with Crippen molar-refractivity contribution < 1.29 is 9.53 Å². The highest BCUT2D eigenvalue weighted by atomic mass is 16.5. The van der Waals surface area contributed by atoms with Crippen LogP contribution in [0.25, 0.3) is 0 Å². The standard InChI is InChI=1S/C6H10O2/c1-3-5-6(7)8-4-2/h1-5H2. The molecule has 0 unspecified atom stereocenters. The lowest BCUT2D eigenvalue weighted by Gasteiger charge is -1.95. The molecule has 0 atom stereocenters. The Hall–Kier alpha value is -0.660. The molecule has 0 saturated carbocycles. The second-order valence-corrected chi connectivity index (χ2v) is 1.32. The van der Waals surface area contributed by atoms with Crippen LogP contribution in [0.3, 0.4) is 0 Å². The Bertz CT molecular complexity index is 60.9. The number of carbonyl (C=O) groups excluding carboxylic acids is 1. The van der Waals surface area contributed by atoms with Crippen molar-refractivity contribution >= 4 is 5.97 Å². The zero-order valence-corrected chi connectivity index (χ0v) is 4.85. The van der Waals surface area contributed by atoms with Gasteiger partial charge in [-0.15, -0.1) is 0 Å². The van der Waals surface area contributed by atoms with Gasteiger partial charge in [0.05, 0.1) is 0 Å². The first-order valence-corrected chi connectivity index (χ1v) is 2.55. The minimum atomic E-state index is -0.213. The predicted molar refractivity (Wildman–Crippen MR) is 30.9 cm³/mol. The van der Waals surface area contributed by atoms with Crippen LogP contribution in [-0.2, 0) is 9.53 Å². The second-order valence-electron chi connectivity index (χ2n) is 1.32. The van der Waals surface area contributed by atoms with Gasteiger partial charge in [0.1, 0.15) is 6.92 Å². The second kappa shape index (κ2) is 4.50. The summed E-state index contributed by atoms with van der Waals surface area (Å²) in [6.45, 7) is 7.05. The van der Waals surface area contributed by atoms with Crippen LogP contribution < -0.4 is 0 Å². The summed E-state index contributed by atoms with van der Waals surface area (Å²) >= 11 is 0. The molecule has 0 bridgehead atoms. The molecule has 0 amide bonds. The fourth-order valence-electron chi connectivity index (χ4n) is 0.330. The van der Waals surface area contributed by atoms with E-state index < -0.39 is 0 Å². The first-order valence-electron chi connectivity index (χ1n) is 2.55. The van der Waals surface area contributed by atoms with E-state index in [-0.39, 0.29) is 12.6 Å². The van der Waals surface area contributed by atoms with Gasteiger partial charge in [-0.25, -0.2) is 0 Å². The van der Waals surface area contributed by atoms with Crippen LogP contribution in [0.1, 0.15) is 12.8 Å². The highest BCUT2D eigenvalue weighted by Gasteiger charge is 1.95. The van der Waals surface area contributed by atoms with E-state index in [4.69, 9.17) is 0 Å². The number of hydrogen-bond acceptors (Lipinski definition) is 2. The van der Waals surface area contributed by atoms with Crippen molar-refractivity contribution in [2.24, 2.45) is 0 Å². The maximum Gasteiger partial charge on any atom is 0.306 e. The molecule has 0 heterocycles. The van der Waals surface area contributed by atoms with Gasteiger partial charge in [-0.1, -0.05) is 0 Å². The van der Waals surface area contributed by atoms with Crippen LogP contribution in [0.15, 0.2) is 0 Å². The summed E-state index contributed by atoms with van der Waals surface area (Å²) in [6.07, 6.45) is 0.994. The van der Waals surface area contributed by atoms with Crippen molar-refractivity contribution in [1.82, 2.24) is 0 Å². The molecule has 8 heavy (non-hydrogen) atoms. The van der Waals surface area contributed by atoms with Gasteiger partial charge < -0.3 is 11.7 Å². The Balaban J connectivity index is 3.06.